The summed E-state index contributed by atoms with van der Waals surface area (Å²) in [6.07, 6.45) is -2.88. The summed E-state index contributed by atoms with van der Waals surface area (Å²) in [6.45, 7) is 0.461. The van der Waals surface area contributed by atoms with E-state index in [-0.39, 0.29) is 16.8 Å². The van der Waals surface area contributed by atoms with Crippen molar-refractivity contribution in [2.45, 2.75) is 25.6 Å². The fraction of sp³-hybridized carbons (Fsp3) is 0.316. The number of hydrogen-bond acceptors (Lipinski definition) is 4. The first-order chi connectivity index (χ1) is 13.3. The van der Waals surface area contributed by atoms with Crippen molar-refractivity contribution in [3.05, 3.63) is 52.4 Å². The number of pyridine rings is 1. The predicted molar refractivity (Wildman–Crippen MR) is 104 cm³/mol. The van der Waals surface area contributed by atoms with Gasteiger partial charge in [-0.3, -0.25) is 4.79 Å². The fourth-order valence-electron chi connectivity index (χ4n) is 2.85. The quantitative estimate of drug-likeness (QED) is 0.400. The summed E-state index contributed by atoms with van der Waals surface area (Å²) in [4.78, 5) is 15.8. The minimum atomic E-state index is -4.56. The van der Waals surface area contributed by atoms with Gasteiger partial charge in [0.1, 0.15) is 17.0 Å². The average Bonchev–Trinajstić information content (AvgIpc) is 2.67. The molecular weight excluding hydrogens is 439 g/mol. The molecule has 1 aromatic carbocycles. The number of aryl methyl sites for hydroxylation is 1. The molecule has 0 saturated heterocycles. The van der Waals surface area contributed by atoms with E-state index in [1.807, 2.05) is 0 Å². The van der Waals surface area contributed by atoms with Gasteiger partial charge in [0.2, 0.25) is 0 Å². The molecule has 9 heteroatoms. The first kappa shape index (κ1) is 20.3. The van der Waals surface area contributed by atoms with E-state index in [1.165, 1.54) is 23.9 Å². The number of benzene rings is 1. The summed E-state index contributed by atoms with van der Waals surface area (Å²) in [7, 11) is 1.37. The fourth-order valence-corrected chi connectivity index (χ4v) is 3.24. The zero-order valence-corrected chi connectivity index (χ0v) is 16.5. The second kappa shape index (κ2) is 8.30. The van der Waals surface area contributed by atoms with Crippen LogP contribution in [0.1, 0.15) is 18.5 Å². The van der Waals surface area contributed by atoms with Gasteiger partial charge in [-0.15, -0.1) is 0 Å². The highest BCUT2D eigenvalue weighted by Crippen LogP contribution is 2.35. The lowest BCUT2D eigenvalue weighted by atomic mass is 10.0. The summed E-state index contributed by atoms with van der Waals surface area (Å²) in [6, 6.07) is 8.49. The lowest BCUT2D eigenvalue weighted by Crippen LogP contribution is -2.22. The molecule has 0 bridgehead atoms. The van der Waals surface area contributed by atoms with Crippen LogP contribution in [-0.2, 0) is 12.7 Å². The van der Waals surface area contributed by atoms with Crippen LogP contribution in [0.5, 0.6) is 5.75 Å². The van der Waals surface area contributed by atoms with Crippen molar-refractivity contribution in [2.24, 2.45) is 0 Å². The van der Waals surface area contributed by atoms with Gasteiger partial charge in [-0.2, -0.15) is 18.3 Å². The van der Waals surface area contributed by atoms with Crippen LogP contribution in [0.25, 0.3) is 22.2 Å². The molecular formula is C19H17BrF3N3O2. The summed E-state index contributed by atoms with van der Waals surface area (Å²) in [5, 5.41) is 5.68. The van der Waals surface area contributed by atoms with E-state index in [9.17, 15) is 18.0 Å². The summed E-state index contributed by atoms with van der Waals surface area (Å²) in [5.41, 5.74) is -0.0793. The van der Waals surface area contributed by atoms with Gasteiger partial charge in [-0.05, 0) is 43.2 Å². The number of rotatable bonds is 6. The first-order valence-electron chi connectivity index (χ1n) is 8.54. The molecule has 3 rings (SSSR count). The Morgan fingerprint density at radius 3 is 2.57 bits per heavy atom. The zero-order valence-electron chi connectivity index (χ0n) is 15.0. The van der Waals surface area contributed by atoms with Crippen molar-refractivity contribution >= 4 is 26.8 Å². The van der Waals surface area contributed by atoms with Gasteiger partial charge in [0.25, 0.3) is 5.56 Å². The Balaban J connectivity index is 2.13. The maximum Gasteiger partial charge on any atom is 0.433 e. The van der Waals surface area contributed by atoms with Crippen LogP contribution in [0.3, 0.4) is 0 Å². The van der Waals surface area contributed by atoms with E-state index in [4.69, 9.17) is 4.74 Å². The smallest absolute Gasteiger partial charge is 0.433 e. The summed E-state index contributed by atoms with van der Waals surface area (Å²) < 4.78 is 45.7. The molecule has 2 heterocycles. The van der Waals surface area contributed by atoms with Gasteiger partial charge >= 0.3 is 6.18 Å². The second-order valence-electron chi connectivity index (χ2n) is 6.08. The largest absolute Gasteiger partial charge is 0.494 e. The van der Waals surface area contributed by atoms with Crippen molar-refractivity contribution < 1.29 is 17.9 Å². The van der Waals surface area contributed by atoms with E-state index >= 15 is 0 Å². The lowest BCUT2D eigenvalue weighted by Gasteiger charge is -2.13. The standard InChI is InChI=1S/C19H17BrF3N3O2/c1-28-15-7-4-12(13-5-8-16(19(21,22)23)24-18(13)15)14-6-9-17(27)26(25-14)11-3-2-10-20/h4-9H,2-3,10-11H2,1H3. The monoisotopic (exact) mass is 455 g/mol. The number of methoxy groups -OCH3 is 1. The molecule has 28 heavy (non-hydrogen) atoms. The van der Waals surface area contributed by atoms with Gasteiger partial charge in [-0.25, -0.2) is 9.67 Å². The second-order valence-corrected chi connectivity index (χ2v) is 6.87. The molecule has 0 spiro atoms. The molecule has 0 radical (unpaired) electrons. The van der Waals surface area contributed by atoms with Gasteiger partial charge in [0.05, 0.1) is 12.8 Å². The van der Waals surface area contributed by atoms with E-state index in [1.54, 1.807) is 18.2 Å². The highest BCUT2D eigenvalue weighted by atomic mass is 79.9. The number of unbranched alkanes of at least 4 members (excludes halogenated alkanes) is 1. The zero-order chi connectivity index (χ0) is 20.3. The molecule has 0 saturated carbocycles. The Morgan fingerprint density at radius 2 is 1.89 bits per heavy atom. The van der Waals surface area contributed by atoms with Crippen LogP contribution in [-0.4, -0.2) is 27.2 Å². The lowest BCUT2D eigenvalue weighted by molar-refractivity contribution is -0.140. The van der Waals surface area contributed by atoms with E-state index in [0.717, 1.165) is 24.2 Å². The molecule has 148 valence electrons. The van der Waals surface area contributed by atoms with E-state index in [0.29, 0.717) is 23.2 Å². The maximum atomic E-state index is 13.1. The van der Waals surface area contributed by atoms with Crippen LogP contribution in [0, 0.1) is 0 Å². The Hall–Kier alpha value is -2.42. The van der Waals surface area contributed by atoms with Crippen LogP contribution < -0.4 is 10.3 Å². The number of fused-ring (bicyclic) bond motifs is 1. The topological polar surface area (TPSA) is 57.0 Å². The third-order valence-corrected chi connectivity index (χ3v) is 4.79. The number of hydrogen-bond donors (Lipinski definition) is 0. The van der Waals surface area contributed by atoms with Crippen molar-refractivity contribution in [3.63, 3.8) is 0 Å². The van der Waals surface area contributed by atoms with Crippen LogP contribution in [0.4, 0.5) is 13.2 Å². The number of ether oxygens (including phenoxy) is 1. The van der Waals surface area contributed by atoms with Gasteiger partial charge in [0.15, 0.2) is 0 Å². The normalized spacial score (nSPS) is 11.8. The summed E-state index contributed by atoms with van der Waals surface area (Å²) >= 11 is 3.35. The Labute approximate surface area is 167 Å². The van der Waals surface area contributed by atoms with E-state index < -0.39 is 11.9 Å². The molecule has 0 aliphatic heterocycles. The van der Waals surface area contributed by atoms with Gasteiger partial charge in [-0.1, -0.05) is 15.9 Å². The van der Waals surface area contributed by atoms with Crippen LogP contribution >= 0.6 is 15.9 Å². The molecule has 0 N–H and O–H groups in total. The average molecular weight is 456 g/mol. The number of alkyl halides is 4. The SMILES string of the molecule is COc1ccc(-c2ccc(=O)n(CCCCBr)n2)c2ccc(C(F)(F)F)nc12. The molecule has 0 amide bonds. The minimum Gasteiger partial charge on any atom is -0.494 e. The number of aromatic nitrogens is 3. The molecule has 2 aromatic heterocycles. The molecule has 0 atom stereocenters. The van der Waals surface area contributed by atoms with Gasteiger partial charge < -0.3 is 4.74 Å². The Bertz CT molecular complexity index is 1050. The molecule has 0 aliphatic carbocycles. The molecule has 0 aliphatic rings. The summed E-state index contributed by atoms with van der Waals surface area (Å²) in [5.74, 6) is 0.232. The van der Waals surface area contributed by atoms with E-state index in [2.05, 4.69) is 26.0 Å². The van der Waals surface area contributed by atoms with Gasteiger partial charge in [0, 0.05) is 28.9 Å². The minimum absolute atomic E-state index is 0.0914. The molecule has 0 unspecified atom stereocenters. The predicted octanol–water partition coefficient (Wildman–Crippen LogP) is 4.66. The van der Waals surface area contributed by atoms with Crippen LogP contribution in [0.2, 0.25) is 0 Å². The Kier molecular flexibility index (Phi) is 6.02. The number of nitrogens with zero attached hydrogens (tertiary/aromatic N) is 3. The van der Waals surface area contributed by atoms with Crippen molar-refractivity contribution in [1.82, 2.24) is 14.8 Å². The highest BCUT2D eigenvalue weighted by molar-refractivity contribution is 9.09. The van der Waals surface area contributed by atoms with Crippen molar-refractivity contribution in [3.8, 4) is 17.0 Å². The molecule has 3 aromatic rings. The molecule has 0 fully saturated rings. The molecule has 5 nitrogen and oxygen atoms in total. The highest BCUT2D eigenvalue weighted by Gasteiger charge is 2.33. The third-order valence-electron chi connectivity index (χ3n) is 4.23. The Morgan fingerprint density at radius 1 is 1.11 bits per heavy atom. The first-order valence-corrected chi connectivity index (χ1v) is 9.66. The van der Waals surface area contributed by atoms with Crippen LogP contribution in [0.15, 0.2) is 41.2 Å². The maximum absolute atomic E-state index is 13.1. The van der Waals surface area contributed by atoms with Crippen molar-refractivity contribution in [1.29, 1.82) is 0 Å². The third kappa shape index (κ3) is 4.19. The number of halogens is 4. The van der Waals surface area contributed by atoms with Crippen molar-refractivity contribution in [2.75, 3.05) is 12.4 Å².